The van der Waals surface area contributed by atoms with Crippen LogP contribution in [0.3, 0.4) is 0 Å². The van der Waals surface area contributed by atoms with Crippen LogP contribution in [-0.2, 0) is 6.54 Å². The lowest BCUT2D eigenvalue weighted by atomic mass is 10.0. The highest BCUT2D eigenvalue weighted by atomic mass is 16.3. The largest absolute Gasteiger partial charge is 0.508 e. The molecule has 0 fully saturated rings. The average molecular weight is 267 g/mol. The highest BCUT2D eigenvalue weighted by Gasteiger charge is 2.11. The van der Waals surface area contributed by atoms with Gasteiger partial charge in [0.15, 0.2) is 0 Å². The van der Waals surface area contributed by atoms with E-state index in [-0.39, 0.29) is 6.04 Å². The van der Waals surface area contributed by atoms with Crippen molar-refractivity contribution in [1.29, 1.82) is 0 Å². The van der Waals surface area contributed by atoms with Crippen LogP contribution in [0.2, 0.25) is 0 Å². The lowest BCUT2D eigenvalue weighted by molar-refractivity contribution is 0.423. The van der Waals surface area contributed by atoms with Crippen LogP contribution in [0.4, 0.5) is 0 Å². The molecule has 0 amide bonds. The van der Waals surface area contributed by atoms with Crippen molar-refractivity contribution >= 4 is 10.8 Å². The maximum absolute atomic E-state index is 10.1. The predicted octanol–water partition coefficient (Wildman–Crippen LogP) is 3.99. The second-order valence-corrected chi connectivity index (χ2v) is 4.90. The van der Waals surface area contributed by atoms with E-state index in [2.05, 4.69) is 5.32 Å². The summed E-state index contributed by atoms with van der Waals surface area (Å²) >= 11 is 0. The number of hydrogen-bond acceptors (Lipinski definition) is 3. The van der Waals surface area contributed by atoms with Crippen LogP contribution in [0.15, 0.2) is 59.2 Å². The van der Waals surface area contributed by atoms with Gasteiger partial charge in [-0.05, 0) is 35.9 Å². The molecule has 0 spiro atoms. The molecule has 0 unspecified atom stereocenters. The van der Waals surface area contributed by atoms with E-state index in [9.17, 15) is 5.11 Å². The Kier molecular flexibility index (Phi) is 3.44. The van der Waals surface area contributed by atoms with Crippen LogP contribution in [0.25, 0.3) is 10.8 Å². The molecule has 3 nitrogen and oxygen atoms in total. The molecule has 2 N–H and O–H groups in total. The fraction of sp³-hybridized carbons (Fsp3) is 0.176. The molecule has 1 atom stereocenters. The first kappa shape index (κ1) is 12.8. The highest BCUT2D eigenvalue weighted by Crippen LogP contribution is 2.27. The first-order chi connectivity index (χ1) is 9.75. The zero-order chi connectivity index (χ0) is 13.9. The van der Waals surface area contributed by atoms with Crippen LogP contribution in [0.1, 0.15) is 24.3 Å². The van der Waals surface area contributed by atoms with Crippen LogP contribution < -0.4 is 5.32 Å². The van der Waals surface area contributed by atoms with Crippen LogP contribution in [-0.4, -0.2) is 5.11 Å². The third-order valence-corrected chi connectivity index (χ3v) is 3.57. The third-order valence-electron chi connectivity index (χ3n) is 3.57. The Hall–Kier alpha value is -2.26. The minimum absolute atomic E-state index is 0.100. The zero-order valence-corrected chi connectivity index (χ0v) is 11.3. The third kappa shape index (κ3) is 2.40. The van der Waals surface area contributed by atoms with Gasteiger partial charge in [-0.15, -0.1) is 0 Å². The molecule has 3 heteroatoms. The SMILES string of the molecule is C[C@H](NCc1c(O)ccc2ccccc12)c1ccco1. The second kappa shape index (κ2) is 5.39. The first-order valence-electron chi connectivity index (χ1n) is 6.72. The van der Waals surface area contributed by atoms with Gasteiger partial charge >= 0.3 is 0 Å². The molecule has 0 saturated carbocycles. The van der Waals surface area contributed by atoms with Crippen molar-refractivity contribution in [2.45, 2.75) is 19.5 Å². The lowest BCUT2D eigenvalue weighted by Gasteiger charge is -2.14. The van der Waals surface area contributed by atoms with E-state index in [1.54, 1.807) is 12.3 Å². The van der Waals surface area contributed by atoms with Gasteiger partial charge in [-0.25, -0.2) is 0 Å². The van der Waals surface area contributed by atoms with Crippen LogP contribution in [0.5, 0.6) is 5.75 Å². The predicted molar refractivity (Wildman–Crippen MR) is 79.6 cm³/mol. The van der Waals surface area contributed by atoms with E-state index in [0.717, 1.165) is 22.1 Å². The number of aromatic hydroxyl groups is 1. The summed E-state index contributed by atoms with van der Waals surface area (Å²) < 4.78 is 5.38. The average Bonchev–Trinajstić information content (AvgIpc) is 3.00. The van der Waals surface area contributed by atoms with Gasteiger partial charge in [0.25, 0.3) is 0 Å². The Morgan fingerprint density at radius 3 is 2.75 bits per heavy atom. The monoisotopic (exact) mass is 267 g/mol. The van der Waals surface area contributed by atoms with Gasteiger partial charge in [0.1, 0.15) is 11.5 Å². The summed E-state index contributed by atoms with van der Waals surface area (Å²) in [4.78, 5) is 0. The minimum Gasteiger partial charge on any atom is -0.508 e. The molecule has 0 radical (unpaired) electrons. The summed E-state index contributed by atoms with van der Waals surface area (Å²) in [7, 11) is 0. The molecular weight excluding hydrogens is 250 g/mol. The van der Waals surface area contributed by atoms with Gasteiger partial charge < -0.3 is 14.8 Å². The molecule has 2 aromatic carbocycles. The van der Waals surface area contributed by atoms with Crippen molar-refractivity contribution in [2.75, 3.05) is 0 Å². The summed E-state index contributed by atoms with van der Waals surface area (Å²) in [5.41, 5.74) is 0.918. The summed E-state index contributed by atoms with van der Waals surface area (Å²) in [6.45, 7) is 2.63. The quantitative estimate of drug-likeness (QED) is 0.751. The second-order valence-electron chi connectivity index (χ2n) is 4.90. The minimum atomic E-state index is 0.100. The topological polar surface area (TPSA) is 45.4 Å². The Labute approximate surface area is 117 Å². The van der Waals surface area contributed by atoms with Gasteiger partial charge in [-0.2, -0.15) is 0 Å². The fourth-order valence-electron chi connectivity index (χ4n) is 2.40. The number of benzene rings is 2. The molecule has 1 aromatic heterocycles. The van der Waals surface area contributed by atoms with E-state index >= 15 is 0 Å². The molecule has 0 saturated heterocycles. The Morgan fingerprint density at radius 1 is 1.10 bits per heavy atom. The maximum Gasteiger partial charge on any atom is 0.120 e. The normalized spacial score (nSPS) is 12.7. The maximum atomic E-state index is 10.1. The number of fused-ring (bicyclic) bond motifs is 1. The number of furan rings is 1. The Morgan fingerprint density at radius 2 is 1.95 bits per heavy atom. The van der Waals surface area contributed by atoms with Crippen molar-refractivity contribution in [3.63, 3.8) is 0 Å². The molecule has 1 heterocycles. The van der Waals surface area contributed by atoms with E-state index in [4.69, 9.17) is 4.42 Å². The standard InChI is InChI=1S/C17H17NO2/c1-12(17-7-4-10-20-17)18-11-15-14-6-3-2-5-13(14)8-9-16(15)19/h2-10,12,18-19H,11H2,1H3/t12-/m0/s1. The smallest absolute Gasteiger partial charge is 0.120 e. The van der Waals surface area contributed by atoms with E-state index in [1.165, 1.54) is 0 Å². The van der Waals surface area contributed by atoms with Crippen LogP contribution >= 0.6 is 0 Å². The summed E-state index contributed by atoms with van der Waals surface area (Å²) in [5, 5.41) is 15.7. The summed E-state index contributed by atoms with van der Waals surface area (Å²) in [5.74, 6) is 1.22. The Bertz CT molecular complexity index is 704. The van der Waals surface area contributed by atoms with Gasteiger partial charge in [-0.3, -0.25) is 0 Å². The molecule has 0 aliphatic carbocycles. The van der Waals surface area contributed by atoms with Gasteiger partial charge in [0.05, 0.1) is 12.3 Å². The van der Waals surface area contributed by atoms with E-state index in [1.807, 2.05) is 49.4 Å². The van der Waals surface area contributed by atoms with E-state index in [0.29, 0.717) is 12.3 Å². The molecule has 20 heavy (non-hydrogen) atoms. The van der Waals surface area contributed by atoms with E-state index < -0.39 is 0 Å². The number of nitrogens with one attached hydrogen (secondary N) is 1. The lowest BCUT2D eigenvalue weighted by Crippen LogP contribution is -2.17. The van der Waals surface area contributed by atoms with Crippen molar-refractivity contribution in [3.8, 4) is 5.75 Å². The fourth-order valence-corrected chi connectivity index (χ4v) is 2.40. The van der Waals surface area contributed by atoms with Crippen molar-refractivity contribution in [3.05, 3.63) is 66.1 Å². The number of phenolic OH excluding ortho intramolecular Hbond substituents is 1. The highest BCUT2D eigenvalue weighted by molar-refractivity contribution is 5.87. The van der Waals surface area contributed by atoms with Gasteiger partial charge in [-0.1, -0.05) is 30.3 Å². The number of phenols is 1. The molecule has 3 rings (SSSR count). The molecule has 102 valence electrons. The first-order valence-corrected chi connectivity index (χ1v) is 6.72. The number of rotatable bonds is 4. The van der Waals surface area contributed by atoms with Gasteiger partial charge in [0.2, 0.25) is 0 Å². The van der Waals surface area contributed by atoms with Gasteiger partial charge in [0, 0.05) is 12.1 Å². The summed E-state index contributed by atoms with van der Waals surface area (Å²) in [6, 6.07) is 15.7. The Balaban J connectivity index is 1.85. The van der Waals surface area contributed by atoms with Crippen molar-refractivity contribution in [1.82, 2.24) is 5.32 Å². The summed E-state index contributed by atoms with van der Waals surface area (Å²) in [6.07, 6.45) is 1.67. The molecule has 0 bridgehead atoms. The number of hydrogen-bond donors (Lipinski definition) is 2. The van der Waals surface area contributed by atoms with Crippen molar-refractivity contribution in [2.24, 2.45) is 0 Å². The molecule has 3 aromatic rings. The van der Waals surface area contributed by atoms with Crippen molar-refractivity contribution < 1.29 is 9.52 Å². The zero-order valence-electron chi connectivity index (χ0n) is 11.3. The van der Waals surface area contributed by atoms with Crippen LogP contribution in [0, 0.1) is 0 Å². The molecular formula is C17H17NO2. The molecule has 0 aliphatic rings. The molecule has 0 aliphatic heterocycles.